The molecule has 0 saturated heterocycles. The number of carbonyl (C=O) groups excluding carboxylic acids is 1. The van der Waals surface area contributed by atoms with Gasteiger partial charge in [-0.3, -0.25) is 18.5 Å². The highest BCUT2D eigenvalue weighted by Crippen LogP contribution is 2.25. The monoisotopic (exact) mass is 451 g/mol. The number of sulfonamides is 1. The summed E-state index contributed by atoms with van der Waals surface area (Å²) < 4.78 is 41.2. The predicted molar refractivity (Wildman–Crippen MR) is 118 cm³/mol. The lowest BCUT2D eigenvalue weighted by molar-refractivity contribution is -0.116. The zero-order chi connectivity index (χ0) is 22.2. The molecule has 0 aliphatic heterocycles. The van der Waals surface area contributed by atoms with Crippen molar-refractivity contribution >= 4 is 48.9 Å². The molecule has 3 aromatic rings. The van der Waals surface area contributed by atoms with Gasteiger partial charge in [-0.15, -0.1) is 0 Å². The first-order chi connectivity index (χ1) is 14.0. The van der Waals surface area contributed by atoms with Gasteiger partial charge < -0.3 is 5.32 Å². The largest absolute Gasteiger partial charge is 0.324 e. The van der Waals surface area contributed by atoms with Crippen molar-refractivity contribution in [3.63, 3.8) is 0 Å². The lowest BCUT2D eigenvalue weighted by Gasteiger charge is -2.28. The van der Waals surface area contributed by atoms with E-state index < -0.39 is 27.8 Å². The molecule has 3 rings (SSSR count). The second-order valence-corrected chi connectivity index (χ2v) is 10.1. The Balaban J connectivity index is 1.90. The van der Waals surface area contributed by atoms with Crippen LogP contribution in [-0.2, 0) is 14.8 Å². The lowest BCUT2D eigenvalue weighted by atomic mass is 10.2. The number of halogens is 1. The number of benzene rings is 2. The number of hydrogen-bond acceptors (Lipinski definition) is 5. The molecule has 30 heavy (non-hydrogen) atoms. The molecule has 1 atom stereocenters. The van der Waals surface area contributed by atoms with E-state index in [1.54, 1.807) is 22.8 Å². The van der Waals surface area contributed by atoms with E-state index in [1.165, 1.54) is 19.1 Å². The summed E-state index contributed by atoms with van der Waals surface area (Å²) in [6, 6.07) is 8.90. The standard InChI is InChI=1S/C20H22FN3O4S2/c1-12(2)23-17-10-7-15(11-18(17)29-20(23)26)22-19(25)13(3)24(30(4,27)28)16-8-5-14(21)6-9-16/h5-13H,1-4H3,(H,22,25)/t13-/m0/s1. The Morgan fingerprint density at radius 2 is 1.77 bits per heavy atom. The molecule has 1 aromatic heterocycles. The number of thiazole rings is 1. The molecule has 0 fully saturated rings. The fourth-order valence-electron chi connectivity index (χ4n) is 3.25. The number of rotatable bonds is 6. The lowest BCUT2D eigenvalue weighted by Crippen LogP contribution is -2.45. The van der Waals surface area contributed by atoms with Crippen LogP contribution in [0.4, 0.5) is 15.8 Å². The summed E-state index contributed by atoms with van der Waals surface area (Å²) in [5.41, 5.74) is 1.41. The van der Waals surface area contributed by atoms with E-state index in [-0.39, 0.29) is 16.6 Å². The van der Waals surface area contributed by atoms with Crippen molar-refractivity contribution in [3.05, 3.63) is 57.9 Å². The second-order valence-electron chi connectivity index (χ2n) is 7.21. The molecular formula is C20H22FN3O4S2. The normalized spacial score (nSPS) is 12.9. The van der Waals surface area contributed by atoms with Crippen LogP contribution in [0.1, 0.15) is 26.8 Å². The third-order valence-electron chi connectivity index (χ3n) is 4.57. The van der Waals surface area contributed by atoms with Gasteiger partial charge in [-0.05, 0) is 63.2 Å². The summed E-state index contributed by atoms with van der Waals surface area (Å²) in [7, 11) is -3.81. The Kier molecular flexibility index (Phi) is 6.00. The number of nitrogens with zero attached hydrogens (tertiary/aromatic N) is 2. The summed E-state index contributed by atoms with van der Waals surface area (Å²) >= 11 is 1.08. The van der Waals surface area contributed by atoms with Crippen LogP contribution in [0.3, 0.4) is 0 Å². The maximum absolute atomic E-state index is 13.2. The molecule has 0 spiro atoms. The molecule has 2 aromatic carbocycles. The summed E-state index contributed by atoms with van der Waals surface area (Å²) in [5, 5.41) is 2.70. The second kappa shape index (κ2) is 8.19. The van der Waals surface area contributed by atoms with E-state index in [1.807, 2.05) is 13.8 Å². The Morgan fingerprint density at radius 3 is 2.33 bits per heavy atom. The van der Waals surface area contributed by atoms with E-state index in [2.05, 4.69) is 5.32 Å². The van der Waals surface area contributed by atoms with Crippen molar-refractivity contribution in [2.45, 2.75) is 32.9 Å². The molecule has 0 bridgehead atoms. The van der Waals surface area contributed by atoms with Crippen LogP contribution in [-0.4, -0.2) is 31.2 Å². The molecule has 1 N–H and O–H groups in total. The fraction of sp³-hybridized carbons (Fsp3) is 0.300. The minimum atomic E-state index is -3.81. The van der Waals surface area contributed by atoms with Crippen molar-refractivity contribution in [2.24, 2.45) is 0 Å². The number of nitrogens with one attached hydrogen (secondary N) is 1. The molecule has 0 unspecified atom stereocenters. The van der Waals surface area contributed by atoms with E-state index in [0.717, 1.165) is 44.2 Å². The van der Waals surface area contributed by atoms with Crippen molar-refractivity contribution < 1.29 is 17.6 Å². The topological polar surface area (TPSA) is 88.5 Å². The van der Waals surface area contributed by atoms with Gasteiger partial charge in [-0.25, -0.2) is 12.8 Å². The Morgan fingerprint density at radius 1 is 1.13 bits per heavy atom. The van der Waals surface area contributed by atoms with Gasteiger partial charge in [0.2, 0.25) is 15.9 Å². The average molecular weight is 452 g/mol. The van der Waals surface area contributed by atoms with Gasteiger partial charge in [0.25, 0.3) is 0 Å². The molecule has 0 aliphatic rings. The van der Waals surface area contributed by atoms with Crippen LogP contribution in [0.25, 0.3) is 10.2 Å². The van der Waals surface area contributed by atoms with Crippen LogP contribution in [0, 0.1) is 5.82 Å². The van der Waals surface area contributed by atoms with E-state index in [9.17, 15) is 22.4 Å². The van der Waals surface area contributed by atoms with Crippen LogP contribution in [0.2, 0.25) is 0 Å². The SMILES string of the molecule is CC(C)n1c(=O)sc2cc(NC(=O)[C@H](C)N(c3ccc(F)cc3)S(C)(=O)=O)ccc21. The van der Waals surface area contributed by atoms with Gasteiger partial charge in [0.05, 0.1) is 22.2 Å². The number of carbonyl (C=O) groups is 1. The molecule has 10 heteroatoms. The minimum Gasteiger partial charge on any atom is -0.324 e. The Hall–Kier alpha value is -2.72. The molecule has 0 radical (unpaired) electrons. The quantitative estimate of drug-likeness (QED) is 0.621. The van der Waals surface area contributed by atoms with Crippen LogP contribution in [0.15, 0.2) is 47.3 Å². The Labute approximate surface area is 177 Å². The molecular weight excluding hydrogens is 429 g/mol. The van der Waals surface area contributed by atoms with E-state index in [4.69, 9.17) is 0 Å². The third kappa shape index (κ3) is 4.39. The van der Waals surface area contributed by atoms with Crippen molar-refractivity contribution in [1.29, 1.82) is 0 Å². The number of hydrogen-bond donors (Lipinski definition) is 1. The highest BCUT2D eigenvalue weighted by atomic mass is 32.2. The number of aromatic nitrogens is 1. The number of anilines is 2. The molecule has 7 nitrogen and oxygen atoms in total. The van der Waals surface area contributed by atoms with Gasteiger partial charge in [0.1, 0.15) is 11.9 Å². The number of amides is 1. The minimum absolute atomic E-state index is 0.00532. The third-order valence-corrected chi connectivity index (χ3v) is 6.73. The average Bonchev–Trinajstić information content (AvgIpc) is 2.97. The van der Waals surface area contributed by atoms with Crippen LogP contribution < -0.4 is 14.5 Å². The van der Waals surface area contributed by atoms with Gasteiger partial charge >= 0.3 is 4.87 Å². The first-order valence-electron chi connectivity index (χ1n) is 9.20. The van der Waals surface area contributed by atoms with Crippen LogP contribution >= 0.6 is 11.3 Å². The highest BCUT2D eigenvalue weighted by molar-refractivity contribution is 7.92. The van der Waals surface area contributed by atoms with Crippen molar-refractivity contribution in [2.75, 3.05) is 15.9 Å². The van der Waals surface area contributed by atoms with Gasteiger partial charge in [0, 0.05) is 11.7 Å². The Bertz CT molecular complexity index is 1250. The maximum Gasteiger partial charge on any atom is 0.308 e. The van der Waals surface area contributed by atoms with Crippen molar-refractivity contribution in [1.82, 2.24) is 4.57 Å². The zero-order valence-corrected chi connectivity index (χ0v) is 18.6. The fourth-order valence-corrected chi connectivity index (χ4v) is 5.47. The van der Waals surface area contributed by atoms with Crippen LogP contribution in [0.5, 0.6) is 0 Å². The van der Waals surface area contributed by atoms with Gasteiger partial charge in [0.15, 0.2) is 0 Å². The highest BCUT2D eigenvalue weighted by Gasteiger charge is 2.29. The smallest absolute Gasteiger partial charge is 0.308 e. The summed E-state index contributed by atoms with van der Waals surface area (Å²) in [5.74, 6) is -1.07. The van der Waals surface area contributed by atoms with E-state index in [0.29, 0.717) is 5.69 Å². The van der Waals surface area contributed by atoms with Crippen molar-refractivity contribution in [3.8, 4) is 0 Å². The summed E-state index contributed by atoms with van der Waals surface area (Å²) in [6.07, 6.45) is 0.984. The van der Waals surface area contributed by atoms with Gasteiger partial charge in [-0.2, -0.15) is 0 Å². The molecule has 160 valence electrons. The predicted octanol–water partition coefficient (Wildman–Crippen LogP) is 3.58. The van der Waals surface area contributed by atoms with E-state index >= 15 is 0 Å². The first-order valence-corrected chi connectivity index (χ1v) is 11.9. The molecule has 0 aliphatic carbocycles. The summed E-state index contributed by atoms with van der Waals surface area (Å²) in [4.78, 5) is 24.9. The summed E-state index contributed by atoms with van der Waals surface area (Å²) in [6.45, 7) is 5.28. The maximum atomic E-state index is 13.2. The molecule has 0 saturated carbocycles. The molecule has 1 heterocycles. The number of fused-ring (bicyclic) bond motifs is 1. The van der Waals surface area contributed by atoms with Gasteiger partial charge in [-0.1, -0.05) is 11.3 Å². The zero-order valence-electron chi connectivity index (χ0n) is 16.9. The molecule has 1 amide bonds. The first kappa shape index (κ1) is 22.0.